The second kappa shape index (κ2) is 6.86. The summed E-state index contributed by atoms with van der Waals surface area (Å²) in [4.78, 5) is 13.8. The highest BCUT2D eigenvalue weighted by atomic mass is 16.5. The van der Waals surface area contributed by atoms with E-state index in [2.05, 4.69) is 32.9 Å². The van der Waals surface area contributed by atoms with Crippen molar-refractivity contribution in [1.82, 2.24) is 0 Å². The Balaban J connectivity index is 2.77. The lowest BCUT2D eigenvalue weighted by Crippen LogP contribution is -2.33. The summed E-state index contributed by atoms with van der Waals surface area (Å²) in [6.45, 7) is 6.85. The molecule has 2 N–H and O–H groups in total. The van der Waals surface area contributed by atoms with E-state index in [1.54, 1.807) is 19.1 Å². The predicted molar refractivity (Wildman–Crippen MR) is 83.0 cm³/mol. The van der Waals surface area contributed by atoms with Crippen LogP contribution in [0.15, 0.2) is 24.3 Å². The van der Waals surface area contributed by atoms with Gasteiger partial charge in [-0.15, -0.1) is 0 Å². The van der Waals surface area contributed by atoms with Gasteiger partial charge < -0.3 is 15.4 Å². The monoisotopic (exact) mass is 278 g/mol. The molecule has 0 aliphatic heterocycles. The average Bonchev–Trinajstić information content (AvgIpc) is 2.42. The van der Waals surface area contributed by atoms with Gasteiger partial charge in [-0.05, 0) is 23.1 Å². The van der Waals surface area contributed by atoms with Crippen molar-refractivity contribution in [1.29, 1.82) is 0 Å². The highest BCUT2D eigenvalue weighted by Gasteiger charge is 2.18. The number of ether oxygens (including phenoxy) is 1. The molecule has 0 bridgehead atoms. The van der Waals surface area contributed by atoms with Crippen LogP contribution in [0.1, 0.15) is 32.8 Å². The molecule has 1 unspecified atom stereocenters. The summed E-state index contributed by atoms with van der Waals surface area (Å²) in [6, 6.07) is 8.08. The van der Waals surface area contributed by atoms with Crippen molar-refractivity contribution in [2.24, 2.45) is 5.73 Å². The number of nitrogens with two attached hydrogens (primary N) is 1. The van der Waals surface area contributed by atoms with Crippen LogP contribution in [0, 0.1) is 0 Å². The van der Waals surface area contributed by atoms with Crippen LogP contribution in [-0.2, 0) is 14.9 Å². The second-order valence-electron chi connectivity index (χ2n) is 6.05. The SMILES string of the molecule is COC(CN)CC(=O)N(C)c1ccc(C(C)(C)C)cc1. The molecular weight excluding hydrogens is 252 g/mol. The Morgan fingerprint density at radius 3 is 2.25 bits per heavy atom. The van der Waals surface area contributed by atoms with Crippen LogP contribution < -0.4 is 10.6 Å². The maximum absolute atomic E-state index is 12.1. The lowest BCUT2D eigenvalue weighted by molar-refractivity contribution is -0.120. The summed E-state index contributed by atoms with van der Waals surface area (Å²) >= 11 is 0. The highest BCUT2D eigenvalue weighted by molar-refractivity contribution is 5.93. The van der Waals surface area contributed by atoms with Crippen molar-refractivity contribution >= 4 is 11.6 Å². The van der Waals surface area contributed by atoms with Gasteiger partial charge in [-0.2, -0.15) is 0 Å². The van der Waals surface area contributed by atoms with E-state index in [1.165, 1.54) is 5.56 Å². The first-order chi connectivity index (χ1) is 9.29. The lowest BCUT2D eigenvalue weighted by atomic mass is 9.87. The number of rotatable bonds is 5. The first-order valence-corrected chi connectivity index (χ1v) is 6.89. The minimum atomic E-state index is -0.223. The molecule has 0 saturated carbocycles. The first-order valence-electron chi connectivity index (χ1n) is 6.89. The van der Waals surface area contributed by atoms with Gasteiger partial charge >= 0.3 is 0 Å². The third-order valence-electron chi connectivity index (χ3n) is 3.49. The summed E-state index contributed by atoms with van der Waals surface area (Å²) in [5.74, 6) is 0.00538. The third-order valence-corrected chi connectivity index (χ3v) is 3.49. The van der Waals surface area contributed by atoms with Gasteiger partial charge in [-0.1, -0.05) is 32.9 Å². The Morgan fingerprint density at radius 2 is 1.85 bits per heavy atom. The van der Waals surface area contributed by atoms with Gasteiger partial charge in [0.15, 0.2) is 0 Å². The zero-order chi connectivity index (χ0) is 15.3. The van der Waals surface area contributed by atoms with Crippen LogP contribution in [0.25, 0.3) is 0 Å². The van der Waals surface area contributed by atoms with E-state index in [0.717, 1.165) is 5.69 Å². The second-order valence-corrected chi connectivity index (χ2v) is 6.05. The number of carbonyl (C=O) groups is 1. The normalized spacial score (nSPS) is 13.1. The fraction of sp³-hybridized carbons (Fsp3) is 0.562. The summed E-state index contributed by atoms with van der Waals surface area (Å²) in [7, 11) is 3.35. The molecule has 0 spiro atoms. The molecule has 4 heteroatoms. The van der Waals surface area contributed by atoms with Crippen molar-refractivity contribution in [2.45, 2.75) is 38.7 Å². The lowest BCUT2D eigenvalue weighted by Gasteiger charge is -2.23. The molecule has 1 amide bonds. The molecule has 0 heterocycles. The van der Waals surface area contributed by atoms with E-state index in [1.807, 2.05) is 12.1 Å². The maximum atomic E-state index is 12.1. The van der Waals surface area contributed by atoms with Gasteiger partial charge in [-0.3, -0.25) is 4.79 Å². The van der Waals surface area contributed by atoms with E-state index < -0.39 is 0 Å². The molecule has 112 valence electrons. The van der Waals surface area contributed by atoms with Gasteiger partial charge in [0.05, 0.1) is 12.5 Å². The van der Waals surface area contributed by atoms with Crippen LogP contribution >= 0.6 is 0 Å². The largest absolute Gasteiger partial charge is 0.380 e. The molecule has 0 radical (unpaired) electrons. The Bertz CT molecular complexity index is 431. The van der Waals surface area contributed by atoms with Crippen molar-refractivity contribution in [2.75, 3.05) is 25.6 Å². The fourth-order valence-electron chi connectivity index (χ4n) is 1.92. The zero-order valence-electron chi connectivity index (χ0n) is 13.1. The molecule has 1 atom stereocenters. The molecule has 1 rings (SSSR count). The van der Waals surface area contributed by atoms with Crippen LogP contribution in [0.3, 0.4) is 0 Å². The molecule has 20 heavy (non-hydrogen) atoms. The van der Waals surface area contributed by atoms with Gasteiger partial charge in [-0.25, -0.2) is 0 Å². The Kier molecular flexibility index (Phi) is 5.72. The number of anilines is 1. The zero-order valence-corrected chi connectivity index (χ0v) is 13.1. The molecule has 1 aromatic carbocycles. The van der Waals surface area contributed by atoms with Gasteiger partial charge in [0.1, 0.15) is 0 Å². The summed E-state index contributed by atoms with van der Waals surface area (Å²) in [6.07, 6.45) is 0.0728. The quantitative estimate of drug-likeness (QED) is 0.899. The molecule has 0 aliphatic carbocycles. The maximum Gasteiger partial charge on any atom is 0.229 e. The number of hydrogen-bond acceptors (Lipinski definition) is 3. The van der Waals surface area contributed by atoms with Crippen molar-refractivity contribution in [3.8, 4) is 0 Å². The van der Waals surface area contributed by atoms with Gasteiger partial charge in [0.25, 0.3) is 0 Å². The molecule has 1 aromatic rings. The molecule has 0 saturated heterocycles. The Hall–Kier alpha value is -1.39. The van der Waals surface area contributed by atoms with Gasteiger partial charge in [0.2, 0.25) is 5.91 Å². The first kappa shape index (κ1) is 16.7. The molecule has 0 fully saturated rings. The van der Waals surface area contributed by atoms with Crippen LogP contribution in [-0.4, -0.2) is 32.7 Å². The summed E-state index contributed by atoms with van der Waals surface area (Å²) in [5, 5.41) is 0. The number of amides is 1. The Labute approximate surface area is 121 Å². The summed E-state index contributed by atoms with van der Waals surface area (Å²) < 4.78 is 5.15. The van der Waals surface area contributed by atoms with E-state index in [0.29, 0.717) is 13.0 Å². The molecular formula is C16H26N2O2. The van der Waals surface area contributed by atoms with Crippen molar-refractivity contribution < 1.29 is 9.53 Å². The molecule has 4 nitrogen and oxygen atoms in total. The smallest absolute Gasteiger partial charge is 0.229 e. The fourth-order valence-corrected chi connectivity index (χ4v) is 1.92. The topological polar surface area (TPSA) is 55.6 Å². The standard InChI is InChI=1S/C16H26N2O2/c1-16(2,3)12-6-8-13(9-7-12)18(4)15(19)10-14(11-17)20-5/h6-9,14H,10-11,17H2,1-5H3. The van der Waals surface area contributed by atoms with E-state index in [4.69, 9.17) is 10.5 Å². The van der Waals surface area contributed by atoms with Crippen LogP contribution in [0.4, 0.5) is 5.69 Å². The highest BCUT2D eigenvalue weighted by Crippen LogP contribution is 2.24. The average molecular weight is 278 g/mol. The molecule has 0 aromatic heterocycles. The number of hydrogen-bond donors (Lipinski definition) is 1. The minimum absolute atomic E-state index is 0.00538. The number of carbonyl (C=O) groups excluding carboxylic acids is 1. The Morgan fingerprint density at radius 1 is 1.30 bits per heavy atom. The minimum Gasteiger partial charge on any atom is -0.380 e. The van der Waals surface area contributed by atoms with Crippen LogP contribution in [0.5, 0.6) is 0 Å². The predicted octanol–water partition coefficient (Wildman–Crippen LogP) is 2.31. The van der Waals surface area contributed by atoms with Crippen molar-refractivity contribution in [3.63, 3.8) is 0 Å². The number of nitrogens with zero attached hydrogens (tertiary/aromatic N) is 1. The van der Waals surface area contributed by atoms with Crippen LogP contribution in [0.2, 0.25) is 0 Å². The molecule has 0 aliphatic rings. The van der Waals surface area contributed by atoms with E-state index >= 15 is 0 Å². The van der Waals surface area contributed by atoms with E-state index in [9.17, 15) is 4.79 Å². The third kappa shape index (κ3) is 4.32. The van der Waals surface area contributed by atoms with Crippen molar-refractivity contribution in [3.05, 3.63) is 29.8 Å². The number of benzene rings is 1. The number of methoxy groups -OCH3 is 1. The van der Waals surface area contributed by atoms with Gasteiger partial charge in [0, 0.05) is 26.4 Å². The van der Waals surface area contributed by atoms with E-state index in [-0.39, 0.29) is 17.4 Å². The summed E-state index contributed by atoms with van der Waals surface area (Å²) in [5.41, 5.74) is 7.79.